The normalized spacial score (nSPS) is 9.96. The van der Waals surface area contributed by atoms with Crippen molar-refractivity contribution in [3.05, 3.63) is 63.9 Å². The average Bonchev–Trinajstić information content (AvgIpc) is 3.10. The van der Waals surface area contributed by atoms with Gasteiger partial charge < -0.3 is 10.6 Å². The fourth-order valence-corrected chi connectivity index (χ4v) is 2.42. The van der Waals surface area contributed by atoms with Gasteiger partial charge in [0.05, 0.1) is 12.1 Å². The first-order chi connectivity index (χ1) is 11.2. The molecule has 116 valence electrons. The minimum atomic E-state index is -0.202. The molecule has 23 heavy (non-hydrogen) atoms. The number of nitrogens with one attached hydrogen (secondary N) is 2. The Balaban J connectivity index is 1.91. The zero-order valence-electron chi connectivity index (χ0n) is 12.6. The molecule has 0 spiro atoms. The Morgan fingerprint density at radius 1 is 1.22 bits per heavy atom. The van der Waals surface area contributed by atoms with E-state index in [4.69, 9.17) is 0 Å². The molecule has 2 amide bonds. The molecular weight excluding hydrogens is 308 g/mol. The average molecular weight is 324 g/mol. The molecule has 4 nitrogen and oxygen atoms in total. The number of amides is 2. The molecule has 0 saturated carbocycles. The first-order valence-electron chi connectivity index (χ1n) is 7.00. The summed E-state index contributed by atoms with van der Waals surface area (Å²) in [5, 5.41) is 7.21. The predicted molar refractivity (Wildman–Crippen MR) is 93.1 cm³/mol. The second-order valence-corrected chi connectivity index (χ2v) is 5.47. The van der Waals surface area contributed by atoms with Gasteiger partial charge in [0, 0.05) is 23.6 Å². The van der Waals surface area contributed by atoms with Crippen LogP contribution in [0.5, 0.6) is 0 Å². The number of thiophene rings is 1. The van der Waals surface area contributed by atoms with Crippen molar-refractivity contribution in [2.24, 2.45) is 0 Å². The topological polar surface area (TPSA) is 58.2 Å². The predicted octanol–water partition coefficient (Wildman–Crippen LogP) is 2.29. The van der Waals surface area contributed by atoms with Gasteiger partial charge >= 0.3 is 0 Å². The highest BCUT2D eigenvalue weighted by Gasteiger charge is 2.06. The lowest BCUT2D eigenvalue weighted by molar-refractivity contribution is -0.116. The third kappa shape index (κ3) is 5.13. The molecule has 0 saturated heterocycles. The molecule has 0 unspecified atom stereocenters. The Labute approximate surface area is 139 Å². The van der Waals surface area contributed by atoms with Crippen molar-refractivity contribution in [3.8, 4) is 11.8 Å². The van der Waals surface area contributed by atoms with Crippen LogP contribution in [0.4, 0.5) is 0 Å². The SMILES string of the molecule is CNC(=O)c1ccccc1C#CCNC(=O)/C=C/c1cccs1. The maximum absolute atomic E-state index is 11.7. The van der Waals surface area contributed by atoms with E-state index >= 15 is 0 Å². The molecule has 0 radical (unpaired) electrons. The van der Waals surface area contributed by atoms with Crippen LogP contribution < -0.4 is 10.6 Å². The van der Waals surface area contributed by atoms with E-state index < -0.39 is 0 Å². The van der Waals surface area contributed by atoms with Gasteiger partial charge in [-0.1, -0.05) is 30.0 Å². The van der Waals surface area contributed by atoms with Crippen molar-refractivity contribution in [1.29, 1.82) is 0 Å². The molecule has 0 fully saturated rings. The fourth-order valence-electron chi connectivity index (χ4n) is 1.80. The lowest BCUT2D eigenvalue weighted by Crippen LogP contribution is -2.21. The third-order valence-electron chi connectivity index (χ3n) is 2.91. The molecule has 1 aromatic carbocycles. The van der Waals surface area contributed by atoms with E-state index in [1.807, 2.05) is 23.6 Å². The van der Waals surface area contributed by atoms with Crippen LogP contribution in [0.2, 0.25) is 0 Å². The quantitative estimate of drug-likeness (QED) is 0.670. The van der Waals surface area contributed by atoms with E-state index in [2.05, 4.69) is 22.5 Å². The largest absolute Gasteiger partial charge is 0.355 e. The van der Waals surface area contributed by atoms with Crippen LogP contribution in [-0.4, -0.2) is 25.4 Å². The first kappa shape index (κ1) is 16.5. The zero-order chi connectivity index (χ0) is 16.5. The van der Waals surface area contributed by atoms with Gasteiger partial charge in [-0.3, -0.25) is 9.59 Å². The van der Waals surface area contributed by atoms with Gasteiger partial charge in [0.1, 0.15) is 0 Å². The van der Waals surface area contributed by atoms with Gasteiger partial charge in [-0.2, -0.15) is 0 Å². The van der Waals surface area contributed by atoms with Crippen LogP contribution in [-0.2, 0) is 4.79 Å². The molecule has 0 bridgehead atoms. The zero-order valence-corrected chi connectivity index (χ0v) is 13.4. The molecule has 0 aliphatic rings. The molecule has 5 heteroatoms. The van der Waals surface area contributed by atoms with Crippen LogP contribution in [0.3, 0.4) is 0 Å². The van der Waals surface area contributed by atoms with Crippen molar-refractivity contribution in [2.45, 2.75) is 0 Å². The Morgan fingerprint density at radius 3 is 2.78 bits per heavy atom. The third-order valence-corrected chi connectivity index (χ3v) is 3.75. The van der Waals surface area contributed by atoms with E-state index in [9.17, 15) is 9.59 Å². The van der Waals surface area contributed by atoms with Crippen LogP contribution in [0.15, 0.2) is 47.9 Å². The lowest BCUT2D eigenvalue weighted by Gasteiger charge is -2.02. The minimum Gasteiger partial charge on any atom is -0.355 e. The van der Waals surface area contributed by atoms with Gasteiger partial charge in [0.25, 0.3) is 5.91 Å². The molecule has 2 N–H and O–H groups in total. The van der Waals surface area contributed by atoms with Crippen LogP contribution in [0.1, 0.15) is 20.8 Å². The summed E-state index contributed by atoms with van der Waals surface area (Å²) < 4.78 is 0. The van der Waals surface area contributed by atoms with Crippen LogP contribution in [0.25, 0.3) is 6.08 Å². The Bertz CT molecular complexity index is 768. The molecule has 1 heterocycles. The summed E-state index contributed by atoms with van der Waals surface area (Å²) in [4.78, 5) is 24.4. The second-order valence-electron chi connectivity index (χ2n) is 4.49. The Kier molecular flexibility index (Phi) is 6.16. The van der Waals surface area contributed by atoms with E-state index in [1.165, 1.54) is 6.08 Å². The molecule has 0 atom stereocenters. The summed E-state index contributed by atoms with van der Waals surface area (Å²) in [5.74, 6) is 5.37. The molecular formula is C18H16N2O2S. The summed E-state index contributed by atoms with van der Waals surface area (Å²) in [6.45, 7) is 0.218. The minimum absolute atomic E-state index is 0.183. The maximum Gasteiger partial charge on any atom is 0.252 e. The van der Waals surface area contributed by atoms with E-state index in [-0.39, 0.29) is 18.4 Å². The Morgan fingerprint density at radius 2 is 2.04 bits per heavy atom. The maximum atomic E-state index is 11.7. The molecule has 0 aliphatic heterocycles. The van der Waals surface area contributed by atoms with E-state index in [1.54, 1.807) is 42.7 Å². The van der Waals surface area contributed by atoms with E-state index in [0.717, 1.165) is 4.88 Å². The Hall–Kier alpha value is -2.84. The molecule has 2 rings (SSSR count). The lowest BCUT2D eigenvalue weighted by atomic mass is 10.1. The van der Waals surface area contributed by atoms with Gasteiger partial charge in [-0.05, 0) is 29.7 Å². The molecule has 0 aliphatic carbocycles. The van der Waals surface area contributed by atoms with Crippen LogP contribution >= 0.6 is 11.3 Å². The summed E-state index contributed by atoms with van der Waals surface area (Å²) in [6, 6.07) is 11.0. The number of carbonyl (C=O) groups is 2. The van der Waals surface area contributed by atoms with Crippen LogP contribution in [0, 0.1) is 11.8 Å². The highest BCUT2D eigenvalue weighted by Crippen LogP contribution is 2.09. The highest BCUT2D eigenvalue weighted by atomic mass is 32.1. The molecule has 1 aromatic heterocycles. The standard InChI is InChI=1S/C18H16N2O2S/c1-19-18(22)16-9-3-2-6-14(16)7-4-12-20-17(21)11-10-15-8-5-13-23-15/h2-3,5-6,8-11,13H,12H2,1H3,(H,19,22)(H,20,21)/b11-10+. The fraction of sp³-hybridized carbons (Fsp3) is 0.111. The number of hydrogen-bond acceptors (Lipinski definition) is 3. The summed E-state index contributed by atoms with van der Waals surface area (Å²) in [5.41, 5.74) is 1.15. The van der Waals surface area contributed by atoms with Crippen molar-refractivity contribution >= 4 is 29.2 Å². The van der Waals surface area contributed by atoms with Crippen molar-refractivity contribution in [1.82, 2.24) is 10.6 Å². The van der Waals surface area contributed by atoms with Gasteiger partial charge in [0.2, 0.25) is 5.91 Å². The first-order valence-corrected chi connectivity index (χ1v) is 7.88. The van der Waals surface area contributed by atoms with Gasteiger partial charge in [-0.15, -0.1) is 11.3 Å². The van der Waals surface area contributed by atoms with Crippen molar-refractivity contribution in [3.63, 3.8) is 0 Å². The second kappa shape index (κ2) is 8.57. The highest BCUT2D eigenvalue weighted by molar-refractivity contribution is 7.10. The molecule has 2 aromatic rings. The van der Waals surface area contributed by atoms with Gasteiger partial charge in [0.15, 0.2) is 0 Å². The van der Waals surface area contributed by atoms with Crippen molar-refractivity contribution in [2.75, 3.05) is 13.6 Å². The summed E-state index contributed by atoms with van der Waals surface area (Å²) >= 11 is 1.56. The van der Waals surface area contributed by atoms with E-state index in [0.29, 0.717) is 11.1 Å². The number of rotatable bonds is 4. The number of carbonyl (C=O) groups excluding carboxylic acids is 2. The van der Waals surface area contributed by atoms with Crippen molar-refractivity contribution < 1.29 is 9.59 Å². The summed E-state index contributed by atoms with van der Waals surface area (Å²) in [6.07, 6.45) is 3.24. The number of benzene rings is 1. The monoisotopic (exact) mass is 324 g/mol. The smallest absolute Gasteiger partial charge is 0.252 e. The summed E-state index contributed by atoms with van der Waals surface area (Å²) in [7, 11) is 1.58. The van der Waals surface area contributed by atoms with Gasteiger partial charge in [-0.25, -0.2) is 0 Å². The number of hydrogen-bond donors (Lipinski definition) is 2.